The van der Waals surface area contributed by atoms with Gasteiger partial charge in [0.1, 0.15) is 0 Å². The highest BCUT2D eigenvalue weighted by molar-refractivity contribution is 6.31. The van der Waals surface area contributed by atoms with Gasteiger partial charge in [0.15, 0.2) is 0 Å². The van der Waals surface area contributed by atoms with Gasteiger partial charge in [-0.1, -0.05) is 59.6 Å². The number of benzene rings is 3. The average Bonchev–Trinajstić information content (AvgIpc) is 3.13. The minimum absolute atomic E-state index is 0.321. The van der Waals surface area contributed by atoms with Gasteiger partial charge < -0.3 is 0 Å². The first-order chi connectivity index (χ1) is 13.8. The van der Waals surface area contributed by atoms with Crippen molar-refractivity contribution in [2.45, 2.75) is 18.6 Å². The van der Waals surface area contributed by atoms with Crippen LogP contribution in [0, 0.1) is 0 Å². The summed E-state index contributed by atoms with van der Waals surface area (Å²) < 4.78 is 39.7. The first-order valence-electron chi connectivity index (χ1n) is 8.87. The quantitative estimate of drug-likeness (QED) is 0.420. The van der Waals surface area contributed by atoms with Gasteiger partial charge in [-0.25, -0.2) is 0 Å². The van der Waals surface area contributed by atoms with Gasteiger partial charge in [-0.2, -0.15) is 18.3 Å². The van der Waals surface area contributed by atoms with Crippen molar-refractivity contribution in [2.75, 3.05) is 5.01 Å². The number of hydrogen-bond donors (Lipinski definition) is 0. The molecule has 1 atom stereocenters. The van der Waals surface area contributed by atoms with E-state index in [1.807, 2.05) is 30.3 Å². The molecule has 0 aliphatic carbocycles. The molecule has 0 spiro atoms. The molecule has 2 nitrogen and oxygen atoms in total. The zero-order valence-corrected chi connectivity index (χ0v) is 16.5. The Bertz CT molecular complexity index is 1060. The number of halogens is 5. The number of hydrazone groups is 1. The first kappa shape index (κ1) is 19.8. The van der Waals surface area contributed by atoms with Crippen LogP contribution in [0.3, 0.4) is 0 Å². The zero-order chi connectivity index (χ0) is 20.6. The summed E-state index contributed by atoms with van der Waals surface area (Å²) in [4.78, 5) is 0. The van der Waals surface area contributed by atoms with Crippen molar-refractivity contribution in [3.63, 3.8) is 0 Å². The highest BCUT2D eigenvalue weighted by atomic mass is 35.5. The molecule has 1 heterocycles. The molecule has 3 aromatic rings. The molecular formula is C22H15Cl2F3N2. The molecule has 0 aromatic heterocycles. The fourth-order valence-electron chi connectivity index (χ4n) is 3.38. The number of anilines is 1. The maximum atomic E-state index is 13.2. The molecule has 1 unspecified atom stereocenters. The lowest BCUT2D eigenvalue weighted by Crippen LogP contribution is -2.19. The Balaban J connectivity index is 1.80. The Hall–Kier alpha value is -2.50. The second kappa shape index (κ2) is 7.73. The lowest BCUT2D eigenvalue weighted by atomic mass is 9.98. The van der Waals surface area contributed by atoms with Crippen molar-refractivity contribution in [3.8, 4) is 0 Å². The monoisotopic (exact) mass is 434 g/mol. The Morgan fingerprint density at radius 1 is 0.897 bits per heavy atom. The Kier molecular flexibility index (Phi) is 5.28. The third-order valence-corrected chi connectivity index (χ3v) is 5.39. The summed E-state index contributed by atoms with van der Waals surface area (Å²) >= 11 is 12.4. The summed E-state index contributed by atoms with van der Waals surface area (Å²) in [6, 6.07) is 19.4. The third kappa shape index (κ3) is 4.11. The minimum Gasteiger partial charge on any atom is -0.257 e. The maximum Gasteiger partial charge on any atom is 0.416 e. The van der Waals surface area contributed by atoms with Gasteiger partial charge in [0.05, 0.1) is 23.0 Å². The van der Waals surface area contributed by atoms with Crippen molar-refractivity contribution in [1.82, 2.24) is 0 Å². The van der Waals surface area contributed by atoms with Gasteiger partial charge in [-0.3, -0.25) is 5.01 Å². The third-order valence-electron chi connectivity index (χ3n) is 4.79. The highest BCUT2D eigenvalue weighted by Gasteiger charge is 2.34. The van der Waals surface area contributed by atoms with E-state index in [4.69, 9.17) is 23.2 Å². The SMILES string of the molecule is FC(F)(F)c1cccc(N2N=C(c3ccc(Cl)cc3)CC2c2ccccc2Cl)c1. The summed E-state index contributed by atoms with van der Waals surface area (Å²) in [5.41, 5.74) is 2.06. The molecule has 29 heavy (non-hydrogen) atoms. The van der Waals surface area contributed by atoms with Crippen LogP contribution in [0.4, 0.5) is 18.9 Å². The van der Waals surface area contributed by atoms with E-state index in [9.17, 15) is 13.2 Å². The van der Waals surface area contributed by atoms with Crippen molar-refractivity contribution >= 4 is 34.6 Å². The van der Waals surface area contributed by atoms with Crippen molar-refractivity contribution in [2.24, 2.45) is 5.10 Å². The van der Waals surface area contributed by atoms with Crippen LogP contribution in [0.25, 0.3) is 0 Å². The Morgan fingerprint density at radius 2 is 1.62 bits per heavy atom. The number of alkyl halides is 3. The normalized spacial score (nSPS) is 16.8. The van der Waals surface area contributed by atoms with Crippen LogP contribution in [0.2, 0.25) is 10.0 Å². The summed E-state index contributed by atoms with van der Waals surface area (Å²) in [7, 11) is 0. The average molecular weight is 435 g/mol. The van der Waals surface area contributed by atoms with E-state index >= 15 is 0 Å². The van der Waals surface area contributed by atoms with Crippen LogP contribution in [0.5, 0.6) is 0 Å². The molecular weight excluding hydrogens is 420 g/mol. The molecule has 148 valence electrons. The van der Waals surface area contributed by atoms with E-state index in [0.29, 0.717) is 22.2 Å². The first-order valence-corrected chi connectivity index (χ1v) is 9.63. The van der Waals surface area contributed by atoms with Crippen LogP contribution >= 0.6 is 23.2 Å². The molecule has 1 aliphatic rings. The molecule has 3 aromatic carbocycles. The van der Waals surface area contributed by atoms with Gasteiger partial charge in [0, 0.05) is 16.5 Å². The van der Waals surface area contributed by atoms with Crippen molar-refractivity contribution in [3.05, 3.63) is 99.5 Å². The molecule has 7 heteroatoms. The summed E-state index contributed by atoms with van der Waals surface area (Å²) in [5.74, 6) is 0. The van der Waals surface area contributed by atoms with E-state index in [2.05, 4.69) is 5.10 Å². The lowest BCUT2D eigenvalue weighted by molar-refractivity contribution is -0.137. The van der Waals surface area contributed by atoms with Crippen molar-refractivity contribution in [1.29, 1.82) is 0 Å². The van der Waals surface area contributed by atoms with Gasteiger partial charge in [0.2, 0.25) is 0 Å². The maximum absolute atomic E-state index is 13.2. The number of nitrogens with zero attached hydrogens (tertiary/aromatic N) is 2. The predicted molar refractivity (Wildman–Crippen MR) is 111 cm³/mol. The molecule has 0 fully saturated rings. The fraction of sp³-hybridized carbons (Fsp3) is 0.136. The molecule has 0 saturated carbocycles. The van der Waals surface area contributed by atoms with Crippen LogP contribution < -0.4 is 5.01 Å². The van der Waals surface area contributed by atoms with Crippen LogP contribution in [-0.2, 0) is 6.18 Å². The van der Waals surface area contributed by atoms with E-state index in [1.165, 1.54) is 6.07 Å². The van der Waals surface area contributed by atoms with Gasteiger partial charge in [-0.05, 0) is 47.5 Å². The molecule has 0 N–H and O–H groups in total. The Labute approximate surface area is 176 Å². The second-order valence-electron chi connectivity index (χ2n) is 6.69. The van der Waals surface area contributed by atoms with Crippen LogP contribution in [0.15, 0.2) is 77.9 Å². The van der Waals surface area contributed by atoms with Crippen LogP contribution in [0.1, 0.15) is 29.2 Å². The van der Waals surface area contributed by atoms with Gasteiger partial charge >= 0.3 is 6.18 Å². The standard InChI is InChI=1S/C22H15Cl2F3N2/c23-16-10-8-14(9-11-16)20-13-21(18-6-1-2-7-19(18)24)29(28-20)17-5-3-4-15(12-17)22(25,26)27/h1-12,21H,13H2. The number of hydrogen-bond acceptors (Lipinski definition) is 2. The number of rotatable bonds is 3. The largest absolute Gasteiger partial charge is 0.416 e. The molecule has 0 amide bonds. The van der Waals surface area contributed by atoms with E-state index < -0.39 is 11.7 Å². The second-order valence-corrected chi connectivity index (χ2v) is 7.53. The van der Waals surface area contributed by atoms with Crippen molar-refractivity contribution < 1.29 is 13.2 Å². The smallest absolute Gasteiger partial charge is 0.257 e. The molecule has 1 aliphatic heterocycles. The fourth-order valence-corrected chi connectivity index (χ4v) is 3.77. The van der Waals surface area contributed by atoms with Gasteiger partial charge in [-0.15, -0.1) is 0 Å². The predicted octanol–water partition coefficient (Wildman–Crippen LogP) is 7.37. The van der Waals surface area contributed by atoms with Gasteiger partial charge in [0.25, 0.3) is 0 Å². The minimum atomic E-state index is -4.43. The topological polar surface area (TPSA) is 15.6 Å². The molecule has 0 saturated heterocycles. The molecule has 4 rings (SSSR count). The molecule has 0 radical (unpaired) electrons. The highest BCUT2D eigenvalue weighted by Crippen LogP contribution is 2.41. The molecule has 0 bridgehead atoms. The zero-order valence-electron chi connectivity index (χ0n) is 15.0. The summed E-state index contributed by atoms with van der Waals surface area (Å²) in [5, 5.41) is 7.42. The Morgan fingerprint density at radius 3 is 2.31 bits per heavy atom. The lowest BCUT2D eigenvalue weighted by Gasteiger charge is -2.25. The summed E-state index contributed by atoms with van der Waals surface area (Å²) in [6.45, 7) is 0. The summed E-state index contributed by atoms with van der Waals surface area (Å²) in [6.07, 6.45) is -3.93. The van der Waals surface area contributed by atoms with Crippen LogP contribution in [-0.4, -0.2) is 5.71 Å². The van der Waals surface area contributed by atoms with E-state index in [0.717, 1.165) is 29.0 Å². The van der Waals surface area contributed by atoms with E-state index in [-0.39, 0.29) is 6.04 Å². The van der Waals surface area contributed by atoms with E-state index in [1.54, 1.807) is 29.3 Å².